The van der Waals surface area contributed by atoms with Crippen molar-refractivity contribution in [3.8, 4) is 5.69 Å². The summed E-state index contributed by atoms with van der Waals surface area (Å²) in [6, 6.07) is 13.7. The molecule has 1 aromatic heterocycles. The fraction of sp³-hybridized carbons (Fsp3) is 0.143. The fourth-order valence-corrected chi connectivity index (χ4v) is 4.00. The number of hydrogen-bond donors (Lipinski definition) is 3. The van der Waals surface area contributed by atoms with Crippen molar-refractivity contribution >= 4 is 39.1 Å². The maximum Gasteiger partial charge on any atom is 0.269 e. The Balaban J connectivity index is 1.62. The molecule has 0 unspecified atom stereocenters. The quantitative estimate of drug-likeness (QED) is 0.449. The summed E-state index contributed by atoms with van der Waals surface area (Å²) in [6.45, 7) is 0.945. The average molecular weight is 471 g/mol. The van der Waals surface area contributed by atoms with Crippen LogP contribution in [0.1, 0.15) is 17.4 Å². The van der Waals surface area contributed by atoms with E-state index >= 15 is 0 Å². The molecule has 0 aliphatic carbocycles. The lowest BCUT2D eigenvalue weighted by molar-refractivity contribution is -0.116. The Morgan fingerprint density at radius 1 is 0.970 bits per heavy atom. The van der Waals surface area contributed by atoms with Gasteiger partial charge in [-0.05, 0) is 54.6 Å². The van der Waals surface area contributed by atoms with Gasteiger partial charge in [0.15, 0.2) is 0 Å². The Kier molecular flexibility index (Phi) is 6.89. The van der Waals surface area contributed by atoms with E-state index in [2.05, 4.69) is 15.7 Å². The third-order valence-corrected chi connectivity index (χ3v) is 6.32. The molecular formula is C21H22N6O5S. The Morgan fingerprint density at radius 3 is 2.09 bits per heavy atom. The fourth-order valence-electron chi connectivity index (χ4n) is 2.88. The zero-order valence-corrected chi connectivity index (χ0v) is 18.7. The first kappa shape index (κ1) is 23.6. The average Bonchev–Trinajstić information content (AvgIpc) is 3.25. The molecule has 12 heteroatoms. The number of anilines is 2. The van der Waals surface area contributed by atoms with E-state index in [0.29, 0.717) is 17.1 Å². The number of amides is 3. The molecule has 0 aliphatic heterocycles. The number of carbonyl (C=O) groups excluding carboxylic acids is 3. The van der Waals surface area contributed by atoms with E-state index in [-0.39, 0.29) is 16.5 Å². The molecular weight excluding hydrogens is 448 g/mol. The molecule has 0 saturated heterocycles. The van der Waals surface area contributed by atoms with E-state index in [1.54, 1.807) is 30.5 Å². The smallest absolute Gasteiger partial charge is 0.269 e. The number of nitrogens with one attached hydrogen (secondary N) is 2. The molecule has 2 aromatic carbocycles. The maximum absolute atomic E-state index is 12.7. The Labute approximate surface area is 190 Å². The predicted octanol–water partition coefficient (Wildman–Crippen LogP) is 1.19. The zero-order valence-electron chi connectivity index (χ0n) is 17.8. The molecule has 3 aromatic rings. The van der Waals surface area contributed by atoms with Crippen LogP contribution >= 0.6 is 0 Å². The van der Waals surface area contributed by atoms with Crippen LogP contribution < -0.4 is 16.4 Å². The second kappa shape index (κ2) is 9.63. The van der Waals surface area contributed by atoms with Crippen molar-refractivity contribution in [2.75, 3.05) is 24.2 Å². The summed E-state index contributed by atoms with van der Waals surface area (Å²) in [4.78, 5) is 34.6. The number of nitrogens with zero attached hydrogens (tertiary/aromatic N) is 3. The molecule has 1 heterocycles. The van der Waals surface area contributed by atoms with Crippen molar-refractivity contribution in [3.05, 3.63) is 66.5 Å². The largest absolute Gasteiger partial charge is 0.364 e. The highest BCUT2D eigenvalue weighted by atomic mass is 32.2. The van der Waals surface area contributed by atoms with Crippen molar-refractivity contribution < 1.29 is 22.8 Å². The van der Waals surface area contributed by atoms with Crippen LogP contribution in [0.4, 0.5) is 11.4 Å². The molecule has 0 saturated carbocycles. The van der Waals surface area contributed by atoms with Gasteiger partial charge in [0.1, 0.15) is 5.69 Å². The first-order valence-electron chi connectivity index (χ1n) is 9.66. The monoisotopic (exact) mass is 470 g/mol. The van der Waals surface area contributed by atoms with E-state index in [1.807, 2.05) is 0 Å². The van der Waals surface area contributed by atoms with Crippen molar-refractivity contribution in [2.24, 2.45) is 5.73 Å². The van der Waals surface area contributed by atoms with Gasteiger partial charge in [-0.3, -0.25) is 14.4 Å². The minimum atomic E-state index is -3.91. The number of aromatic nitrogens is 2. The number of nitrogens with two attached hydrogens (primary N) is 1. The summed E-state index contributed by atoms with van der Waals surface area (Å²) in [7, 11) is -2.61. The second-order valence-corrected chi connectivity index (χ2v) is 9.12. The SMILES string of the molecule is CC(=O)Nc1ccc(S(=O)(=O)N(C)CC(=O)Nc2ccc(-n3ccc(C(N)=O)n3)cc2)cc1. The number of hydrogen-bond acceptors (Lipinski definition) is 6. The van der Waals surface area contributed by atoms with Crippen molar-refractivity contribution in [1.29, 1.82) is 0 Å². The molecule has 33 heavy (non-hydrogen) atoms. The molecule has 172 valence electrons. The van der Waals surface area contributed by atoms with Gasteiger partial charge in [0.05, 0.1) is 17.1 Å². The van der Waals surface area contributed by atoms with Crippen LogP contribution in [0.2, 0.25) is 0 Å². The van der Waals surface area contributed by atoms with Gasteiger partial charge in [-0.15, -0.1) is 0 Å². The van der Waals surface area contributed by atoms with Crippen LogP contribution in [0.5, 0.6) is 0 Å². The van der Waals surface area contributed by atoms with Gasteiger partial charge >= 0.3 is 0 Å². The summed E-state index contributed by atoms with van der Waals surface area (Å²) >= 11 is 0. The summed E-state index contributed by atoms with van der Waals surface area (Å²) in [6.07, 6.45) is 1.58. The van der Waals surface area contributed by atoms with Crippen LogP contribution in [-0.4, -0.2) is 53.8 Å². The van der Waals surface area contributed by atoms with Gasteiger partial charge in [0, 0.05) is 31.5 Å². The van der Waals surface area contributed by atoms with Gasteiger partial charge in [-0.25, -0.2) is 13.1 Å². The lowest BCUT2D eigenvalue weighted by Gasteiger charge is -2.17. The number of benzene rings is 2. The van der Waals surface area contributed by atoms with Crippen LogP contribution in [-0.2, 0) is 19.6 Å². The van der Waals surface area contributed by atoms with Crippen LogP contribution in [0.3, 0.4) is 0 Å². The second-order valence-electron chi connectivity index (χ2n) is 7.07. The molecule has 0 atom stereocenters. The highest BCUT2D eigenvalue weighted by Crippen LogP contribution is 2.18. The molecule has 3 rings (SSSR count). The lowest BCUT2D eigenvalue weighted by Crippen LogP contribution is -2.34. The van der Waals surface area contributed by atoms with Gasteiger partial charge < -0.3 is 16.4 Å². The van der Waals surface area contributed by atoms with E-state index in [4.69, 9.17) is 5.73 Å². The molecule has 0 radical (unpaired) electrons. The predicted molar refractivity (Wildman–Crippen MR) is 121 cm³/mol. The first-order chi connectivity index (χ1) is 15.6. The van der Waals surface area contributed by atoms with E-state index < -0.39 is 28.4 Å². The van der Waals surface area contributed by atoms with Gasteiger partial charge in [0.2, 0.25) is 21.8 Å². The minimum absolute atomic E-state index is 0.00851. The number of carbonyl (C=O) groups is 3. The van der Waals surface area contributed by atoms with Crippen LogP contribution in [0.25, 0.3) is 5.69 Å². The molecule has 0 spiro atoms. The molecule has 0 bridgehead atoms. The van der Waals surface area contributed by atoms with Gasteiger partial charge in [-0.1, -0.05) is 0 Å². The van der Waals surface area contributed by atoms with Crippen molar-refractivity contribution in [3.63, 3.8) is 0 Å². The number of rotatable bonds is 8. The molecule has 0 aliphatic rings. The molecule has 0 fully saturated rings. The van der Waals surface area contributed by atoms with Crippen LogP contribution in [0, 0.1) is 0 Å². The van der Waals surface area contributed by atoms with Crippen molar-refractivity contribution in [2.45, 2.75) is 11.8 Å². The van der Waals surface area contributed by atoms with Gasteiger partial charge in [-0.2, -0.15) is 9.40 Å². The number of likely N-dealkylation sites (N-methyl/N-ethyl adjacent to an activating group) is 1. The third kappa shape index (κ3) is 5.81. The highest BCUT2D eigenvalue weighted by Gasteiger charge is 2.23. The zero-order chi connectivity index (χ0) is 24.2. The Morgan fingerprint density at radius 2 is 1.55 bits per heavy atom. The molecule has 11 nitrogen and oxygen atoms in total. The van der Waals surface area contributed by atoms with E-state index in [9.17, 15) is 22.8 Å². The normalized spacial score (nSPS) is 11.2. The summed E-state index contributed by atoms with van der Waals surface area (Å²) in [5, 5.41) is 9.23. The summed E-state index contributed by atoms with van der Waals surface area (Å²) in [5.74, 6) is -1.44. The Bertz CT molecular complexity index is 1280. The standard InChI is InChI=1S/C21H22N6O5S/c1-14(28)23-15-5-9-18(10-6-15)33(31,32)26(2)13-20(29)24-16-3-7-17(8-4-16)27-12-11-19(25-27)21(22)30/h3-12H,13H2,1-2H3,(H2,22,30)(H,23,28)(H,24,29). The first-order valence-corrected chi connectivity index (χ1v) is 11.1. The third-order valence-electron chi connectivity index (χ3n) is 4.51. The summed E-state index contributed by atoms with van der Waals surface area (Å²) in [5.41, 5.74) is 6.88. The maximum atomic E-state index is 12.7. The van der Waals surface area contributed by atoms with Gasteiger partial charge in [0.25, 0.3) is 5.91 Å². The number of sulfonamides is 1. The topological polar surface area (TPSA) is 156 Å². The summed E-state index contributed by atoms with van der Waals surface area (Å²) < 4.78 is 27.8. The minimum Gasteiger partial charge on any atom is -0.364 e. The van der Waals surface area contributed by atoms with E-state index in [1.165, 1.54) is 49.0 Å². The van der Waals surface area contributed by atoms with E-state index in [0.717, 1.165) is 4.31 Å². The molecule has 3 amide bonds. The highest BCUT2D eigenvalue weighted by molar-refractivity contribution is 7.89. The molecule has 4 N–H and O–H groups in total. The lowest BCUT2D eigenvalue weighted by atomic mass is 10.3. The number of primary amides is 1. The van der Waals surface area contributed by atoms with Crippen LogP contribution in [0.15, 0.2) is 65.7 Å². The Hall–Kier alpha value is -4.03. The van der Waals surface area contributed by atoms with Crippen molar-refractivity contribution in [1.82, 2.24) is 14.1 Å².